The lowest BCUT2D eigenvalue weighted by Crippen LogP contribution is -2.18. The number of carbonyl (C=O) groups is 1. The molecule has 1 N–H and O–H groups in total. The smallest absolute Gasteiger partial charge is 0.412 e. The lowest BCUT2D eigenvalue weighted by molar-refractivity contribution is 0.158. The Hall–Kier alpha value is -2.12. The Bertz CT molecular complexity index is 1010. The molecule has 1 amide bonds. The van der Waals surface area contributed by atoms with Gasteiger partial charge in [-0.15, -0.1) is 11.3 Å². The summed E-state index contributed by atoms with van der Waals surface area (Å²) in [6.07, 6.45) is 0.147. The zero-order valence-electron chi connectivity index (χ0n) is 16.7. The summed E-state index contributed by atoms with van der Waals surface area (Å²) in [5.74, 6) is 0.747. The number of thiazole rings is 1. The molecule has 2 heterocycles. The maximum Gasteiger partial charge on any atom is 0.412 e. The van der Waals surface area contributed by atoms with Crippen molar-refractivity contribution in [1.29, 1.82) is 0 Å². The molecule has 0 spiro atoms. The molecule has 0 aliphatic carbocycles. The monoisotopic (exact) mass is 418 g/mol. The van der Waals surface area contributed by atoms with E-state index >= 15 is 0 Å². The fourth-order valence-electron chi connectivity index (χ4n) is 3.26. The van der Waals surface area contributed by atoms with Gasteiger partial charge in [-0.1, -0.05) is 51.2 Å². The Balaban J connectivity index is 1.55. The Morgan fingerprint density at radius 3 is 2.64 bits per heavy atom. The minimum atomic E-state index is -0.443. The first-order chi connectivity index (χ1) is 13.4. The molecule has 0 unspecified atom stereocenters. The number of carbonyl (C=O) groups excluding carboxylic acids is 1. The van der Waals surface area contributed by atoms with Crippen LogP contribution in [0, 0.1) is 0 Å². The van der Waals surface area contributed by atoms with Gasteiger partial charge >= 0.3 is 11.0 Å². The fraction of sp³-hybridized carbons (Fsp3) is 0.429. The van der Waals surface area contributed by atoms with Crippen LogP contribution in [-0.4, -0.2) is 17.3 Å². The van der Waals surface area contributed by atoms with Crippen molar-refractivity contribution in [2.24, 2.45) is 0 Å². The molecule has 0 fully saturated rings. The normalized spacial score (nSPS) is 11.5. The minimum Gasteiger partial charge on any atom is -0.449 e. The molecular formula is C21H26N2O3S2. The number of amides is 1. The molecule has 28 heavy (non-hydrogen) atoms. The van der Waals surface area contributed by atoms with Gasteiger partial charge in [0.2, 0.25) is 0 Å². The average molecular weight is 419 g/mol. The number of anilines is 1. The zero-order chi connectivity index (χ0) is 20.3. The maximum absolute atomic E-state index is 12.2. The number of nitrogens with zero attached hydrogens (tertiary/aromatic N) is 1. The van der Waals surface area contributed by atoms with Crippen molar-refractivity contribution in [2.75, 3.05) is 11.9 Å². The van der Waals surface area contributed by atoms with Crippen LogP contribution in [-0.2, 0) is 11.3 Å². The van der Waals surface area contributed by atoms with Crippen molar-refractivity contribution in [3.8, 4) is 0 Å². The second-order valence-electron chi connectivity index (χ2n) is 7.35. The van der Waals surface area contributed by atoms with Crippen LogP contribution in [0.25, 0.3) is 10.2 Å². The number of hydrogen-bond acceptors (Lipinski definition) is 5. The molecule has 0 bridgehead atoms. The van der Waals surface area contributed by atoms with Gasteiger partial charge in [0.25, 0.3) is 0 Å². The Morgan fingerprint density at radius 2 is 1.93 bits per heavy atom. The van der Waals surface area contributed by atoms with Gasteiger partial charge in [0.1, 0.15) is 5.00 Å². The molecule has 0 aliphatic rings. The molecule has 3 aromatic rings. The number of rotatable bonds is 7. The minimum absolute atomic E-state index is 0.0204. The standard InChI is InChI=1S/C21H26N2O3S2/c1-13(2)15-12-27-19(18(15)14(3)4)22-20(24)26-11-7-10-23-16-8-5-6-9-17(16)28-21(23)25/h5-6,8-9,12-14H,7,10-11H2,1-4H3,(H,22,24). The number of para-hydroxylation sites is 1. The van der Waals surface area contributed by atoms with Gasteiger partial charge in [0.05, 0.1) is 16.8 Å². The number of benzene rings is 1. The van der Waals surface area contributed by atoms with Gasteiger partial charge in [0.15, 0.2) is 0 Å². The fourth-order valence-corrected chi connectivity index (χ4v) is 5.45. The van der Waals surface area contributed by atoms with Crippen LogP contribution in [0.1, 0.15) is 57.1 Å². The third-order valence-electron chi connectivity index (χ3n) is 4.61. The van der Waals surface area contributed by atoms with Crippen molar-refractivity contribution in [2.45, 2.75) is 52.5 Å². The van der Waals surface area contributed by atoms with Crippen LogP contribution < -0.4 is 10.2 Å². The van der Waals surface area contributed by atoms with Gasteiger partial charge in [0, 0.05) is 6.54 Å². The zero-order valence-corrected chi connectivity index (χ0v) is 18.3. The second kappa shape index (κ2) is 8.92. The van der Waals surface area contributed by atoms with E-state index in [0.29, 0.717) is 24.8 Å². The molecule has 1 aromatic carbocycles. The van der Waals surface area contributed by atoms with E-state index in [2.05, 4.69) is 38.4 Å². The van der Waals surface area contributed by atoms with Gasteiger partial charge in [-0.3, -0.25) is 14.7 Å². The van der Waals surface area contributed by atoms with Crippen molar-refractivity contribution < 1.29 is 9.53 Å². The van der Waals surface area contributed by atoms with Gasteiger partial charge in [-0.2, -0.15) is 0 Å². The number of fused-ring (bicyclic) bond motifs is 1. The summed E-state index contributed by atoms with van der Waals surface area (Å²) in [4.78, 5) is 24.4. The summed E-state index contributed by atoms with van der Waals surface area (Å²) in [5.41, 5.74) is 3.40. The Labute approximate surface area is 173 Å². The molecule has 150 valence electrons. The molecule has 5 nitrogen and oxygen atoms in total. The Kier molecular flexibility index (Phi) is 6.57. The van der Waals surface area contributed by atoms with E-state index in [9.17, 15) is 9.59 Å². The summed E-state index contributed by atoms with van der Waals surface area (Å²) < 4.78 is 8.07. The predicted octanol–water partition coefficient (Wildman–Crippen LogP) is 6.01. The van der Waals surface area contributed by atoms with Crippen molar-refractivity contribution in [3.63, 3.8) is 0 Å². The highest BCUT2D eigenvalue weighted by Crippen LogP contribution is 2.38. The lowest BCUT2D eigenvalue weighted by atomic mass is 9.94. The SMILES string of the molecule is CC(C)c1csc(NC(=O)OCCCn2c(=O)sc3ccccc32)c1C(C)C. The highest BCUT2D eigenvalue weighted by atomic mass is 32.1. The molecule has 0 aliphatic heterocycles. The highest BCUT2D eigenvalue weighted by molar-refractivity contribution is 7.16. The first-order valence-corrected chi connectivity index (χ1v) is 11.2. The number of hydrogen-bond donors (Lipinski definition) is 1. The van der Waals surface area contributed by atoms with E-state index in [-0.39, 0.29) is 11.5 Å². The molecule has 2 aromatic heterocycles. The number of aryl methyl sites for hydroxylation is 1. The van der Waals surface area contributed by atoms with E-state index in [1.165, 1.54) is 22.5 Å². The topological polar surface area (TPSA) is 60.3 Å². The molecule has 0 atom stereocenters. The van der Waals surface area contributed by atoms with Crippen LogP contribution in [0.2, 0.25) is 0 Å². The van der Waals surface area contributed by atoms with Gasteiger partial charge < -0.3 is 4.74 Å². The Morgan fingerprint density at radius 1 is 1.18 bits per heavy atom. The van der Waals surface area contributed by atoms with Gasteiger partial charge in [-0.05, 0) is 46.9 Å². The molecule has 3 rings (SSSR count). The summed E-state index contributed by atoms with van der Waals surface area (Å²) >= 11 is 2.79. The number of aromatic nitrogens is 1. The first-order valence-electron chi connectivity index (χ1n) is 9.52. The third kappa shape index (κ3) is 4.47. The number of nitrogens with one attached hydrogen (secondary N) is 1. The largest absolute Gasteiger partial charge is 0.449 e. The van der Waals surface area contributed by atoms with Crippen LogP contribution in [0.3, 0.4) is 0 Å². The third-order valence-corrected chi connectivity index (χ3v) is 6.50. The van der Waals surface area contributed by atoms with Crippen LogP contribution in [0.15, 0.2) is 34.4 Å². The van der Waals surface area contributed by atoms with Crippen LogP contribution in [0.4, 0.5) is 9.80 Å². The van der Waals surface area contributed by atoms with Gasteiger partial charge in [-0.25, -0.2) is 4.79 Å². The van der Waals surface area contributed by atoms with E-state index < -0.39 is 6.09 Å². The van der Waals surface area contributed by atoms with Crippen molar-refractivity contribution in [1.82, 2.24) is 4.57 Å². The summed E-state index contributed by atoms with van der Waals surface area (Å²) in [7, 11) is 0. The highest BCUT2D eigenvalue weighted by Gasteiger charge is 2.19. The van der Waals surface area contributed by atoms with Crippen molar-refractivity contribution in [3.05, 3.63) is 50.4 Å². The molecule has 0 saturated heterocycles. The van der Waals surface area contributed by atoms with E-state index in [1.807, 2.05) is 24.3 Å². The molecule has 0 radical (unpaired) electrons. The van der Waals surface area contributed by atoms with E-state index in [1.54, 1.807) is 15.9 Å². The maximum atomic E-state index is 12.2. The average Bonchev–Trinajstić information content (AvgIpc) is 3.19. The van der Waals surface area contributed by atoms with Crippen LogP contribution in [0.5, 0.6) is 0 Å². The second-order valence-corrected chi connectivity index (χ2v) is 9.22. The number of ether oxygens (including phenoxy) is 1. The molecule has 7 heteroatoms. The summed E-state index contributed by atoms with van der Waals surface area (Å²) in [6, 6.07) is 7.74. The predicted molar refractivity (Wildman–Crippen MR) is 118 cm³/mol. The summed E-state index contributed by atoms with van der Waals surface area (Å²) in [6.45, 7) is 9.38. The summed E-state index contributed by atoms with van der Waals surface area (Å²) in [5, 5.41) is 5.87. The number of thiophene rings is 1. The first kappa shape index (κ1) is 20.6. The lowest BCUT2D eigenvalue weighted by Gasteiger charge is -2.14. The molecular weight excluding hydrogens is 392 g/mol. The van der Waals surface area contributed by atoms with E-state index in [4.69, 9.17) is 4.74 Å². The quantitative estimate of drug-likeness (QED) is 0.478. The molecule has 0 saturated carbocycles. The van der Waals surface area contributed by atoms with Crippen molar-refractivity contribution >= 4 is 44.0 Å². The van der Waals surface area contributed by atoms with E-state index in [0.717, 1.165) is 15.2 Å². The van der Waals surface area contributed by atoms with Crippen LogP contribution >= 0.6 is 22.7 Å².